The van der Waals surface area contributed by atoms with Crippen LogP contribution in [-0.4, -0.2) is 99.0 Å². The predicted molar refractivity (Wildman–Crippen MR) is 173 cm³/mol. The molecule has 4 aliphatic rings. The summed E-state index contributed by atoms with van der Waals surface area (Å²) in [5.41, 5.74) is -1.49. The minimum atomic E-state index is -4.44. The average molecular weight is 656 g/mol. The molecule has 0 radical (unpaired) electrons. The van der Waals surface area contributed by atoms with Crippen molar-refractivity contribution in [1.29, 1.82) is 5.26 Å². The SMILES string of the molecule is CCOc1ncccc1[C@]1(NC(=O)N2CC3(C2)CN(C2CCN(C)CC2)C3)C(=O)N(S(=O)(=O)c2ccccc2)c2ccc(C#N)cc21. The predicted octanol–water partition coefficient (Wildman–Crippen LogP) is 2.75. The number of hydrogen-bond donors (Lipinski definition) is 1. The van der Waals surface area contributed by atoms with Gasteiger partial charge in [-0.3, -0.25) is 9.69 Å². The van der Waals surface area contributed by atoms with E-state index in [1.807, 2.05) is 0 Å². The number of ether oxygens (including phenoxy) is 1. The van der Waals surface area contributed by atoms with Gasteiger partial charge in [0.25, 0.3) is 15.9 Å². The zero-order valence-corrected chi connectivity index (χ0v) is 27.2. The largest absolute Gasteiger partial charge is 0.478 e. The highest BCUT2D eigenvalue weighted by molar-refractivity contribution is 7.93. The van der Waals surface area contributed by atoms with Gasteiger partial charge in [-0.25, -0.2) is 18.2 Å². The van der Waals surface area contributed by atoms with Crippen LogP contribution >= 0.6 is 0 Å². The highest BCUT2D eigenvalue weighted by Crippen LogP contribution is 2.50. The summed E-state index contributed by atoms with van der Waals surface area (Å²) in [4.78, 5) is 39.9. The Hall–Kier alpha value is -4.51. The molecule has 0 bridgehead atoms. The molecule has 0 unspecified atom stereocenters. The Morgan fingerprint density at radius 2 is 1.77 bits per heavy atom. The molecule has 4 aliphatic heterocycles. The van der Waals surface area contributed by atoms with Crippen LogP contribution in [0.4, 0.5) is 10.5 Å². The molecule has 47 heavy (non-hydrogen) atoms. The van der Waals surface area contributed by atoms with Gasteiger partial charge < -0.3 is 19.9 Å². The van der Waals surface area contributed by atoms with Gasteiger partial charge in [-0.15, -0.1) is 0 Å². The van der Waals surface area contributed by atoms with Gasteiger partial charge in [0.1, 0.15) is 0 Å². The maximum absolute atomic E-state index is 14.9. The van der Waals surface area contributed by atoms with Crippen LogP contribution < -0.4 is 14.4 Å². The van der Waals surface area contributed by atoms with Crippen LogP contribution in [0.25, 0.3) is 0 Å². The van der Waals surface area contributed by atoms with E-state index in [1.54, 1.807) is 42.2 Å². The second-order valence-corrected chi connectivity index (χ2v) is 14.8. The van der Waals surface area contributed by atoms with Crippen molar-refractivity contribution < 1.29 is 22.7 Å². The average Bonchev–Trinajstić information content (AvgIpc) is 3.29. The summed E-state index contributed by atoms with van der Waals surface area (Å²) in [6.45, 7) is 7.03. The molecule has 7 rings (SSSR count). The number of anilines is 1. The van der Waals surface area contributed by atoms with Crippen LogP contribution in [0.2, 0.25) is 0 Å². The third-order valence-electron chi connectivity index (χ3n) is 9.91. The van der Waals surface area contributed by atoms with Crippen LogP contribution in [0.5, 0.6) is 5.88 Å². The lowest BCUT2D eigenvalue weighted by Crippen LogP contribution is -2.76. The first kappa shape index (κ1) is 31.1. The monoisotopic (exact) mass is 655 g/mol. The summed E-state index contributed by atoms with van der Waals surface area (Å²) in [6, 6.07) is 17.3. The van der Waals surface area contributed by atoms with Crippen LogP contribution in [0.1, 0.15) is 36.5 Å². The van der Waals surface area contributed by atoms with Gasteiger partial charge in [0.15, 0.2) is 5.54 Å². The minimum absolute atomic E-state index is 0.00684. The smallest absolute Gasteiger partial charge is 0.318 e. The van der Waals surface area contributed by atoms with Gasteiger partial charge in [0.2, 0.25) is 5.88 Å². The van der Waals surface area contributed by atoms with E-state index in [2.05, 4.69) is 33.2 Å². The fourth-order valence-corrected chi connectivity index (χ4v) is 9.04. The Morgan fingerprint density at radius 3 is 2.45 bits per heavy atom. The van der Waals surface area contributed by atoms with Crippen LogP contribution in [0, 0.1) is 16.7 Å². The summed E-state index contributed by atoms with van der Waals surface area (Å²) in [5, 5.41) is 12.8. The molecule has 12 nitrogen and oxygen atoms in total. The number of benzene rings is 2. The number of nitriles is 1. The lowest BCUT2D eigenvalue weighted by atomic mass is 9.71. The van der Waals surface area contributed by atoms with Crippen LogP contribution in [-0.2, 0) is 20.4 Å². The third kappa shape index (κ3) is 5.02. The number of nitrogens with one attached hydrogen (secondary N) is 1. The number of fused-ring (bicyclic) bond motifs is 1. The number of amides is 3. The number of carbonyl (C=O) groups is 2. The lowest BCUT2D eigenvalue weighted by molar-refractivity contribution is -0.124. The molecule has 5 heterocycles. The first-order chi connectivity index (χ1) is 22.6. The number of rotatable bonds is 7. The zero-order chi connectivity index (χ0) is 33.0. The number of likely N-dealkylation sites (tertiary alicyclic amines) is 3. The Morgan fingerprint density at radius 1 is 1.04 bits per heavy atom. The number of piperidine rings is 1. The standard InChI is InChI=1S/C34H37N7O5S/c1-3-46-30-27(10-7-15-36-30)34(37-32(43)40-22-33(23-40)20-39(21-33)25-13-16-38(2)17-14-25)28-18-24(19-35)11-12-29(28)41(31(34)42)47(44,45)26-8-5-4-6-9-26/h4-12,15,18,25H,3,13-14,16-17,20-23H2,1-2H3,(H,37,43)/t34-/m1/s1. The van der Waals surface area contributed by atoms with Crippen molar-refractivity contribution in [2.75, 3.05) is 57.2 Å². The van der Waals surface area contributed by atoms with Gasteiger partial charge in [-0.2, -0.15) is 9.57 Å². The molecule has 3 amide bonds. The number of nitrogens with zero attached hydrogens (tertiary/aromatic N) is 6. The molecule has 1 N–H and O–H groups in total. The highest BCUT2D eigenvalue weighted by atomic mass is 32.2. The molecule has 1 aromatic heterocycles. The molecule has 3 aromatic rings. The number of hydrogen-bond acceptors (Lipinski definition) is 9. The number of urea groups is 1. The molecule has 13 heteroatoms. The maximum atomic E-state index is 14.9. The quantitative estimate of drug-likeness (QED) is 0.407. The fraction of sp³-hybridized carbons (Fsp3) is 0.412. The summed E-state index contributed by atoms with van der Waals surface area (Å²) in [5.74, 6) is -0.843. The van der Waals surface area contributed by atoms with Crippen molar-refractivity contribution in [3.63, 3.8) is 0 Å². The molecule has 1 spiro atoms. The molecular formula is C34H37N7O5S. The second-order valence-electron chi connectivity index (χ2n) is 13.0. The van der Waals surface area contributed by atoms with E-state index >= 15 is 0 Å². The Kier molecular flexibility index (Phi) is 7.69. The number of aromatic nitrogens is 1. The summed E-state index contributed by atoms with van der Waals surface area (Å²) in [6.07, 6.45) is 3.78. The van der Waals surface area contributed by atoms with Gasteiger partial charge in [-0.05, 0) is 82.4 Å². The van der Waals surface area contributed by atoms with E-state index in [1.165, 1.54) is 36.5 Å². The topological polar surface area (TPSA) is 139 Å². The van der Waals surface area contributed by atoms with E-state index in [-0.39, 0.29) is 45.2 Å². The van der Waals surface area contributed by atoms with Crippen molar-refractivity contribution in [3.8, 4) is 11.9 Å². The number of pyridine rings is 1. The molecule has 244 valence electrons. The van der Waals surface area contributed by atoms with Crippen molar-refractivity contribution in [2.45, 2.75) is 36.2 Å². The van der Waals surface area contributed by atoms with E-state index in [9.17, 15) is 23.3 Å². The van der Waals surface area contributed by atoms with E-state index in [4.69, 9.17) is 4.74 Å². The number of sulfonamides is 1. The summed E-state index contributed by atoms with van der Waals surface area (Å²) < 4.78 is 34.9. The Bertz CT molecular complexity index is 1860. The molecule has 0 saturated carbocycles. The first-order valence-electron chi connectivity index (χ1n) is 15.9. The molecule has 1 atom stereocenters. The third-order valence-corrected chi connectivity index (χ3v) is 11.6. The molecule has 2 aromatic carbocycles. The van der Waals surface area contributed by atoms with Gasteiger partial charge in [0, 0.05) is 49.4 Å². The maximum Gasteiger partial charge on any atom is 0.318 e. The fourth-order valence-electron chi connectivity index (χ4n) is 7.55. The van der Waals surface area contributed by atoms with E-state index in [0.29, 0.717) is 19.1 Å². The molecule has 0 aliphatic carbocycles. The Balaban J connectivity index is 1.25. The minimum Gasteiger partial charge on any atom is -0.478 e. The van der Waals surface area contributed by atoms with Gasteiger partial charge in [0.05, 0.1) is 34.4 Å². The van der Waals surface area contributed by atoms with Crippen LogP contribution in [0.3, 0.4) is 0 Å². The van der Waals surface area contributed by atoms with Crippen molar-refractivity contribution in [1.82, 2.24) is 25.0 Å². The van der Waals surface area contributed by atoms with Crippen molar-refractivity contribution >= 4 is 27.6 Å². The van der Waals surface area contributed by atoms with Crippen molar-refractivity contribution in [3.05, 3.63) is 83.6 Å². The van der Waals surface area contributed by atoms with Crippen LogP contribution in [0.15, 0.2) is 71.8 Å². The normalized spacial score (nSPS) is 22.7. The number of carbonyl (C=O) groups excluding carboxylic acids is 2. The Labute approximate surface area is 274 Å². The molecule has 3 fully saturated rings. The summed E-state index contributed by atoms with van der Waals surface area (Å²) >= 11 is 0. The lowest BCUT2D eigenvalue weighted by Gasteiger charge is -2.62. The van der Waals surface area contributed by atoms with Gasteiger partial charge in [-0.1, -0.05) is 18.2 Å². The highest BCUT2D eigenvalue weighted by Gasteiger charge is 2.61. The van der Waals surface area contributed by atoms with E-state index in [0.717, 1.165) is 43.3 Å². The second kappa shape index (κ2) is 11.6. The molecular weight excluding hydrogens is 618 g/mol. The summed E-state index contributed by atoms with van der Waals surface area (Å²) in [7, 11) is -2.29. The molecule has 3 saturated heterocycles. The van der Waals surface area contributed by atoms with Crippen molar-refractivity contribution in [2.24, 2.45) is 5.41 Å². The first-order valence-corrected chi connectivity index (χ1v) is 17.3. The zero-order valence-electron chi connectivity index (χ0n) is 26.4. The van der Waals surface area contributed by atoms with Gasteiger partial charge >= 0.3 is 6.03 Å². The van der Waals surface area contributed by atoms with E-state index < -0.39 is 27.5 Å².